The smallest absolute Gasteiger partial charge is 0.113 e. The maximum absolute atomic E-state index is 4.38. The summed E-state index contributed by atoms with van der Waals surface area (Å²) in [6, 6.07) is 6.90. The van der Waals surface area contributed by atoms with Crippen molar-refractivity contribution in [2.75, 3.05) is 6.54 Å². The lowest BCUT2D eigenvalue weighted by molar-refractivity contribution is 0.348. The first kappa shape index (κ1) is 15.4. The van der Waals surface area contributed by atoms with Crippen LogP contribution in [0.5, 0.6) is 0 Å². The van der Waals surface area contributed by atoms with Crippen LogP contribution in [0.4, 0.5) is 0 Å². The Hall–Kier alpha value is -2.12. The lowest BCUT2D eigenvalue weighted by Gasteiger charge is -2.22. The third-order valence-electron chi connectivity index (χ3n) is 4.86. The average molecular weight is 320 g/mol. The summed E-state index contributed by atoms with van der Waals surface area (Å²) in [5, 5.41) is 12.3. The minimum absolute atomic E-state index is 0.523. The number of aromatic nitrogens is 3. The SMILES string of the molecule is Cc1cc(C#CC2CC2)ccc1-c1cn(CC2CCCCN2)nn1. The molecule has 1 saturated heterocycles. The van der Waals surface area contributed by atoms with E-state index in [0.717, 1.165) is 29.9 Å². The lowest BCUT2D eigenvalue weighted by Crippen LogP contribution is -2.37. The van der Waals surface area contributed by atoms with Crippen LogP contribution in [0.15, 0.2) is 24.4 Å². The molecule has 124 valence electrons. The summed E-state index contributed by atoms with van der Waals surface area (Å²) in [7, 11) is 0. The van der Waals surface area contributed by atoms with Crippen molar-refractivity contribution < 1.29 is 0 Å². The number of piperidine rings is 1. The Morgan fingerprint density at radius 3 is 2.92 bits per heavy atom. The van der Waals surface area contributed by atoms with Gasteiger partial charge in [0.15, 0.2) is 0 Å². The van der Waals surface area contributed by atoms with Gasteiger partial charge in [-0.25, -0.2) is 0 Å². The quantitative estimate of drug-likeness (QED) is 0.884. The van der Waals surface area contributed by atoms with E-state index in [1.54, 1.807) is 0 Å². The number of benzene rings is 1. The van der Waals surface area contributed by atoms with Crippen molar-refractivity contribution in [3.8, 4) is 23.1 Å². The number of aryl methyl sites for hydroxylation is 1. The Kier molecular flexibility index (Phi) is 4.36. The summed E-state index contributed by atoms with van der Waals surface area (Å²) >= 11 is 0. The van der Waals surface area contributed by atoms with Gasteiger partial charge in [0.1, 0.15) is 5.69 Å². The summed E-state index contributed by atoms with van der Waals surface area (Å²) in [5.74, 6) is 7.24. The molecule has 1 unspecified atom stereocenters. The van der Waals surface area contributed by atoms with Crippen LogP contribution < -0.4 is 5.32 Å². The molecular formula is C20H24N4. The number of hydrogen-bond donors (Lipinski definition) is 1. The normalized spacial score (nSPS) is 20.5. The van der Waals surface area contributed by atoms with Crippen LogP contribution in [0.2, 0.25) is 0 Å². The molecule has 1 aromatic carbocycles. The Labute approximate surface area is 143 Å². The molecule has 4 nitrogen and oxygen atoms in total. The molecule has 0 bridgehead atoms. The molecule has 4 heteroatoms. The van der Waals surface area contributed by atoms with E-state index in [2.05, 4.69) is 58.8 Å². The Morgan fingerprint density at radius 1 is 1.25 bits per heavy atom. The predicted molar refractivity (Wildman–Crippen MR) is 95.4 cm³/mol. The van der Waals surface area contributed by atoms with Gasteiger partial charge >= 0.3 is 0 Å². The molecule has 24 heavy (non-hydrogen) atoms. The highest BCUT2D eigenvalue weighted by Gasteiger charge is 2.18. The molecule has 0 spiro atoms. The second-order valence-electron chi connectivity index (χ2n) is 7.05. The summed E-state index contributed by atoms with van der Waals surface area (Å²) in [6.45, 7) is 4.14. The minimum Gasteiger partial charge on any atom is -0.312 e. The predicted octanol–water partition coefficient (Wildman–Crippen LogP) is 3.16. The van der Waals surface area contributed by atoms with Crippen LogP contribution in [0.25, 0.3) is 11.3 Å². The fourth-order valence-electron chi connectivity index (χ4n) is 3.26. The summed E-state index contributed by atoms with van der Waals surface area (Å²) in [6.07, 6.45) is 8.42. The molecule has 1 saturated carbocycles. The first-order chi connectivity index (χ1) is 11.8. The zero-order valence-corrected chi connectivity index (χ0v) is 14.3. The van der Waals surface area contributed by atoms with Gasteiger partial charge in [-0.3, -0.25) is 4.68 Å². The number of nitrogens with zero attached hydrogens (tertiary/aromatic N) is 3. The zero-order valence-electron chi connectivity index (χ0n) is 14.3. The van der Waals surface area contributed by atoms with Gasteiger partial charge in [0.2, 0.25) is 0 Å². The molecule has 0 amide bonds. The first-order valence-corrected chi connectivity index (χ1v) is 9.04. The minimum atomic E-state index is 0.523. The van der Waals surface area contributed by atoms with Crippen molar-refractivity contribution in [3.05, 3.63) is 35.5 Å². The maximum atomic E-state index is 4.38. The highest BCUT2D eigenvalue weighted by Crippen LogP contribution is 2.28. The second kappa shape index (κ2) is 6.78. The largest absolute Gasteiger partial charge is 0.312 e. The topological polar surface area (TPSA) is 42.7 Å². The summed E-state index contributed by atoms with van der Waals surface area (Å²) in [4.78, 5) is 0. The number of hydrogen-bond acceptors (Lipinski definition) is 3. The van der Waals surface area contributed by atoms with E-state index < -0.39 is 0 Å². The summed E-state index contributed by atoms with van der Waals surface area (Å²) < 4.78 is 1.97. The molecule has 1 atom stereocenters. The van der Waals surface area contributed by atoms with Crippen LogP contribution in [0.1, 0.15) is 43.2 Å². The van der Waals surface area contributed by atoms with Crippen LogP contribution in [0.3, 0.4) is 0 Å². The van der Waals surface area contributed by atoms with Gasteiger partial charge in [-0.2, -0.15) is 0 Å². The van der Waals surface area contributed by atoms with E-state index in [1.165, 1.54) is 37.7 Å². The van der Waals surface area contributed by atoms with E-state index in [0.29, 0.717) is 12.0 Å². The Morgan fingerprint density at radius 2 is 2.17 bits per heavy atom. The van der Waals surface area contributed by atoms with E-state index in [9.17, 15) is 0 Å². The first-order valence-electron chi connectivity index (χ1n) is 9.04. The molecule has 1 aromatic heterocycles. The second-order valence-corrected chi connectivity index (χ2v) is 7.05. The zero-order chi connectivity index (χ0) is 16.4. The molecular weight excluding hydrogens is 296 g/mol. The Balaban J connectivity index is 1.48. The monoisotopic (exact) mass is 320 g/mol. The van der Waals surface area contributed by atoms with E-state index in [4.69, 9.17) is 0 Å². The summed E-state index contributed by atoms with van der Waals surface area (Å²) in [5.41, 5.74) is 4.40. The number of nitrogens with one attached hydrogen (secondary N) is 1. The molecule has 2 aromatic rings. The molecule has 4 rings (SSSR count). The van der Waals surface area contributed by atoms with Crippen LogP contribution in [0, 0.1) is 24.7 Å². The maximum Gasteiger partial charge on any atom is 0.113 e. The van der Waals surface area contributed by atoms with Gasteiger partial charge in [0, 0.05) is 23.1 Å². The average Bonchev–Trinajstić information content (AvgIpc) is 3.32. The fourth-order valence-corrected chi connectivity index (χ4v) is 3.26. The van der Waals surface area contributed by atoms with Gasteiger partial charge < -0.3 is 5.32 Å². The third kappa shape index (κ3) is 3.68. The van der Waals surface area contributed by atoms with Crippen molar-refractivity contribution in [2.45, 2.75) is 51.6 Å². The van der Waals surface area contributed by atoms with Crippen LogP contribution >= 0.6 is 0 Å². The van der Waals surface area contributed by atoms with Crippen molar-refractivity contribution in [1.29, 1.82) is 0 Å². The third-order valence-corrected chi connectivity index (χ3v) is 4.86. The number of rotatable bonds is 3. The van der Waals surface area contributed by atoms with Crippen molar-refractivity contribution in [2.24, 2.45) is 5.92 Å². The van der Waals surface area contributed by atoms with Gasteiger partial charge in [0.05, 0.1) is 12.7 Å². The molecule has 2 heterocycles. The molecule has 0 radical (unpaired) electrons. The Bertz CT molecular complexity index is 770. The van der Waals surface area contributed by atoms with E-state index >= 15 is 0 Å². The highest BCUT2D eigenvalue weighted by molar-refractivity contribution is 5.64. The van der Waals surface area contributed by atoms with Gasteiger partial charge in [0.25, 0.3) is 0 Å². The van der Waals surface area contributed by atoms with Crippen molar-refractivity contribution in [3.63, 3.8) is 0 Å². The fraction of sp³-hybridized carbons (Fsp3) is 0.500. The van der Waals surface area contributed by atoms with Crippen molar-refractivity contribution in [1.82, 2.24) is 20.3 Å². The van der Waals surface area contributed by atoms with Gasteiger partial charge in [-0.1, -0.05) is 29.5 Å². The van der Waals surface area contributed by atoms with Crippen LogP contribution in [-0.2, 0) is 6.54 Å². The highest BCUT2D eigenvalue weighted by atomic mass is 15.4. The van der Waals surface area contributed by atoms with Crippen molar-refractivity contribution >= 4 is 0 Å². The van der Waals surface area contributed by atoms with Crippen LogP contribution in [-0.4, -0.2) is 27.6 Å². The molecule has 2 fully saturated rings. The molecule has 1 aliphatic carbocycles. The molecule has 1 N–H and O–H groups in total. The molecule has 1 aliphatic heterocycles. The molecule has 2 aliphatic rings. The van der Waals surface area contributed by atoms with E-state index in [-0.39, 0.29) is 0 Å². The van der Waals surface area contributed by atoms with Gasteiger partial charge in [-0.15, -0.1) is 5.10 Å². The van der Waals surface area contributed by atoms with Gasteiger partial charge in [-0.05, 0) is 56.8 Å². The lowest BCUT2D eigenvalue weighted by atomic mass is 10.0. The van der Waals surface area contributed by atoms with E-state index in [1.807, 2.05) is 4.68 Å². The standard InChI is InChI=1S/C20H24N4/c1-15-12-17(8-7-16-5-6-16)9-10-19(15)20-14-24(23-22-20)13-18-4-2-3-11-21-18/h9-10,12,14,16,18,21H,2-6,11,13H2,1H3.